The Kier molecular flexibility index (Phi) is 8.15. The molecule has 0 amide bonds. The largest absolute Gasteiger partial charge is 0.487 e. The van der Waals surface area contributed by atoms with Crippen LogP contribution in [0.15, 0.2) is 28.8 Å². The summed E-state index contributed by atoms with van der Waals surface area (Å²) in [5, 5.41) is 17.0. The molecule has 25 heavy (non-hydrogen) atoms. The second-order valence-electron chi connectivity index (χ2n) is 6.57. The van der Waals surface area contributed by atoms with Crippen LogP contribution in [-0.4, -0.2) is 40.0 Å². The lowest BCUT2D eigenvalue weighted by Crippen LogP contribution is -2.42. The number of aromatic nitrogens is 2. The van der Waals surface area contributed by atoms with Gasteiger partial charge in [-0.15, -0.1) is 12.4 Å². The second-order valence-corrected chi connectivity index (χ2v) is 6.57. The molecule has 0 saturated carbocycles. The van der Waals surface area contributed by atoms with E-state index in [4.69, 9.17) is 14.0 Å². The summed E-state index contributed by atoms with van der Waals surface area (Å²) in [4.78, 5) is 4.09. The molecule has 0 spiro atoms. The van der Waals surface area contributed by atoms with Crippen LogP contribution in [0.3, 0.4) is 0 Å². The van der Waals surface area contributed by atoms with E-state index in [0.29, 0.717) is 29.8 Å². The Balaban J connectivity index is 0.00000312. The number of benzene rings is 1. The Hall–Kier alpha value is -1.83. The predicted molar refractivity (Wildman–Crippen MR) is 96.3 cm³/mol. The van der Waals surface area contributed by atoms with E-state index < -0.39 is 6.10 Å². The van der Waals surface area contributed by atoms with Crippen molar-refractivity contribution in [3.05, 3.63) is 36.0 Å². The van der Waals surface area contributed by atoms with Gasteiger partial charge in [0.2, 0.25) is 0 Å². The summed E-state index contributed by atoms with van der Waals surface area (Å²) >= 11 is 0. The lowest BCUT2D eigenvalue weighted by molar-refractivity contribution is 0.0973. The zero-order valence-electron chi connectivity index (χ0n) is 15.0. The molecule has 1 heterocycles. The van der Waals surface area contributed by atoms with Crippen molar-refractivity contribution in [2.45, 2.75) is 45.9 Å². The van der Waals surface area contributed by atoms with Gasteiger partial charge in [0.1, 0.15) is 12.7 Å². The zero-order chi connectivity index (χ0) is 17.6. The summed E-state index contributed by atoms with van der Waals surface area (Å²) < 4.78 is 16.4. The highest BCUT2D eigenvalue weighted by Crippen LogP contribution is 2.27. The SMILES string of the molecule is Cc1noc(COc2ccccc2OC[C@H](O)CNC(C)(C)C)n1.Cl. The van der Waals surface area contributed by atoms with Gasteiger partial charge in [-0.1, -0.05) is 17.3 Å². The van der Waals surface area contributed by atoms with Crippen LogP contribution in [-0.2, 0) is 6.61 Å². The molecule has 0 aliphatic heterocycles. The standard InChI is InChI=1S/C17H25N3O4.ClH/c1-12-19-16(24-20-12)11-23-15-8-6-5-7-14(15)22-10-13(21)9-18-17(2,3)4;/h5-8,13,18,21H,9-11H2,1-4H3;1H/t13-;/m1./s1. The van der Waals surface area contributed by atoms with Crippen LogP contribution < -0.4 is 14.8 Å². The maximum atomic E-state index is 10.0. The van der Waals surface area contributed by atoms with Gasteiger partial charge < -0.3 is 24.4 Å². The summed E-state index contributed by atoms with van der Waals surface area (Å²) in [6, 6.07) is 7.27. The molecule has 140 valence electrons. The highest BCUT2D eigenvalue weighted by molar-refractivity contribution is 5.85. The monoisotopic (exact) mass is 371 g/mol. The first-order chi connectivity index (χ1) is 11.3. The van der Waals surface area contributed by atoms with Crippen LogP contribution >= 0.6 is 12.4 Å². The minimum absolute atomic E-state index is 0. The molecule has 1 aromatic carbocycles. The van der Waals surface area contributed by atoms with Crippen LogP contribution in [0.4, 0.5) is 0 Å². The zero-order valence-corrected chi connectivity index (χ0v) is 15.8. The Morgan fingerprint density at radius 1 is 1.20 bits per heavy atom. The molecular weight excluding hydrogens is 346 g/mol. The molecule has 1 atom stereocenters. The fraction of sp³-hybridized carbons (Fsp3) is 0.529. The van der Waals surface area contributed by atoms with Crippen LogP contribution in [0.2, 0.25) is 0 Å². The van der Waals surface area contributed by atoms with Crippen molar-refractivity contribution in [3.8, 4) is 11.5 Å². The molecular formula is C17H26ClN3O4. The maximum absolute atomic E-state index is 10.0. The van der Waals surface area contributed by atoms with Gasteiger partial charge in [-0.05, 0) is 39.8 Å². The molecule has 0 radical (unpaired) electrons. The number of rotatable bonds is 8. The van der Waals surface area contributed by atoms with Crippen molar-refractivity contribution in [3.63, 3.8) is 0 Å². The number of para-hydroxylation sites is 2. The van der Waals surface area contributed by atoms with E-state index in [1.165, 1.54) is 0 Å². The van der Waals surface area contributed by atoms with Crippen molar-refractivity contribution in [1.29, 1.82) is 0 Å². The quantitative estimate of drug-likeness (QED) is 0.736. The number of aliphatic hydroxyl groups is 1. The molecule has 2 N–H and O–H groups in total. The van der Waals surface area contributed by atoms with E-state index in [1.54, 1.807) is 19.1 Å². The molecule has 0 aliphatic rings. The average Bonchev–Trinajstić information content (AvgIpc) is 2.94. The number of aryl methyl sites for hydroxylation is 1. The summed E-state index contributed by atoms with van der Waals surface area (Å²) in [6.07, 6.45) is -0.615. The summed E-state index contributed by atoms with van der Waals surface area (Å²) in [7, 11) is 0. The average molecular weight is 372 g/mol. The van der Waals surface area contributed by atoms with Crippen LogP contribution in [0.25, 0.3) is 0 Å². The number of aliphatic hydroxyl groups excluding tert-OH is 1. The number of nitrogens with one attached hydrogen (secondary N) is 1. The van der Waals surface area contributed by atoms with E-state index in [9.17, 15) is 5.11 Å². The van der Waals surface area contributed by atoms with Crippen molar-refractivity contribution in [2.75, 3.05) is 13.2 Å². The third kappa shape index (κ3) is 7.72. The van der Waals surface area contributed by atoms with Gasteiger partial charge in [-0.25, -0.2) is 0 Å². The minimum atomic E-state index is -0.615. The Morgan fingerprint density at radius 2 is 1.84 bits per heavy atom. The lowest BCUT2D eigenvalue weighted by atomic mass is 10.1. The van der Waals surface area contributed by atoms with Gasteiger partial charge in [0.05, 0.1) is 0 Å². The van der Waals surface area contributed by atoms with Gasteiger partial charge in [0, 0.05) is 12.1 Å². The molecule has 0 unspecified atom stereocenters. The molecule has 2 rings (SSSR count). The number of halogens is 1. The molecule has 0 fully saturated rings. The fourth-order valence-corrected chi connectivity index (χ4v) is 1.90. The summed E-state index contributed by atoms with van der Waals surface area (Å²) in [5.74, 6) is 2.08. The van der Waals surface area contributed by atoms with Crippen LogP contribution in [0.1, 0.15) is 32.5 Å². The number of β-amino-alcohol motifs (C(OH)–C–C–N with tert-alkyl or cyclic N) is 1. The Morgan fingerprint density at radius 3 is 2.40 bits per heavy atom. The summed E-state index contributed by atoms with van der Waals surface area (Å²) in [6.45, 7) is 8.66. The molecule has 1 aromatic heterocycles. The van der Waals surface area contributed by atoms with Crippen molar-refractivity contribution in [2.24, 2.45) is 0 Å². The van der Waals surface area contributed by atoms with Crippen LogP contribution in [0.5, 0.6) is 11.5 Å². The van der Waals surface area contributed by atoms with Crippen molar-refractivity contribution < 1.29 is 19.1 Å². The Labute approximate surface area is 154 Å². The van der Waals surface area contributed by atoms with E-state index in [-0.39, 0.29) is 31.2 Å². The van der Waals surface area contributed by atoms with Gasteiger partial charge in [-0.3, -0.25) is 0 Å². The maximum Gasteiger partial charge on any atom is 0.264 e. The lowest BCUT2D eigenvalue weighted by Gasteiger charge is -2.23. The second kappa shape index (κ2) is 9.60. The van der Waals surface area contributed by atoms with Gasteiger partial charge in [0.15, 0.2) is 23.9 Å². The molecule has 8 heteroatoms. The Bertz CT molecular complexity index is 643. The molecule has 0 saturated heterocycles. The third-order valence-corrected chi connectivity index (χ3v) is 3.07. The van der Waals surface area contributed by atoms with E-state index in [0.717, 1.165) is 0 Å². The highest BCUT2D eigenvalue weighted by Gasteiger charge is 2.14. The van der Waals surface area contributed by atoms with Crippen molar-refractivity contribution >= 4 is 12.4 Å². The highest BCUT2D eigenvalue weighted by atomic mass is 35.5. The van der Waals surface area contributed by atoms with E-state index in [1.807, 2.05) is 32.9 Å². The number of hydrogen-bond acceptors (Lipinski definition) is 7. The predicted octanol–water partition coefficient (Wildman–Crippen LogP) is 2.51. The normalized spacial score (nSPS) is 12.4. The van der Waals surface area contributed by atoms with Crippen molar-refractivity contribution in [1.82, 2.24) is 15.5 Å². The first-order valence-corrected chi connectivity index (χ1v) is 7.90. The molecule has 0 aliphatic carbocycles. The first kappa shape index (κ1) is 21.2. The van der Waals surface area contributed by atoms with E-state index >= 15 is 0 Å². The number of hydrogen-bond donors (Lipinski definition) is 2. The molecule has 0 bridgehead atoms. The molecule has 2 aromatic rings. The number of ether oxygens (including phenoxy) is 2. The third-order valence-electron chi connectivity index (χ3n) is 3.07. The summed E-state index contributed by atoms with van der Waals surface area (Å²) in [5.41, 5.74) is -0.0514. The van der Waals surface area contributed by atoms with Gasteiger partial charge >= 0.3 is 0 Å². The topological polar surface area (TPSA) is 89.6 Å². The van der Waals surface area contributed by atoms with Crippen LogP contribution in [0, 0.1) is 6.92 Å². The van der Waals surface area contributed by atoms with E-state index in [2.05, 4.69) is 15.5 Å². The number of nitrogens with zero attached hydrogens (tertiary/aromatic N) is 2. The van der Waals surface area contributed by atoms with Gasteiger partial charge in [0.25, 0.3) is 5.89 Å². The molecule has 7 nitrogen and oxygen atoms in total. The smallest absolute Gasteiger partial charge is 0.264 e. The fourth-order valence-electron chi connectivity index (χ4n) is 1.90. The minimum Gasteiger partial charge on any atom is -0.487 e. The first-order valence-electron chi connectivity index (χ1n) is 7.90. The van der Waals surface area contributed by atoms with Gasteiger partial charge in [-0.2, -0.15) is 4.98 Å².